The first-order chi connectivity index (χ1) is 10.2. The molecular formula is C18H13NO2. The van der Waals surface area contributed by atoms with Gasteiger partial charge < -0.3 is 14.8 Å². The number of nitrogens with zero attached hydrogens (tertiary/aromatic N) is 1. The summed E-state index contributed by atoms with van der Waals surface area (Å²) in [5.74, 6) is 0.441. The molecule has 0 unspecified atom stereocenters. The smallest absolute Gasteiger partial charge is 0.116 e. The number of aromatic nitrogens is 1. The topological polar surface area (TPSA) is 45.4 Å². The quantitative estimate of drug-likeness (QED) is 0.547. The van der Waals surface area contributed by atoms with Gasteiger partial charge in [-0.2, -0.15) is 0 Å². The fourth-order valence-corrected chi connectivity index (χ4v) is 2.85. The lowest BCUT2D eigenvalue weighted by Crippen LogP contribution is -1.92. The molecule has 0 saturated heterocycles. The molecule has 2 N–H and O–H groups in total. The number of phenolic OH excluding ortho intramolecular Hbond substituents is 2. The molecule has 0 saturated carbocycles. The summed E-state index contributed by atoms with van der Waals surface area (Å²) in [7, 11) is 0. The SMILES string of the molecule is Oc1ccc2c(c1)c1cc(O)ccc1n2-c1ccccc1. The van der Waals surface area contributed by atoms with Crippen LogP contribution in [0.25, 0.3) is 27.5 Å². The molecule has 0 aliphatic carbocycles. The van der Waals surface area contributed by atoms with Gasteiger partial charge in [0.1, 0.15) is 11.5 Å². The Hall–Kier alpha value is -2.94. The molecule has 3 aromatic carbocycles. The van der Waals surface area contributed by atoms with E-state index >= 15 is 0 Å². The van der Waals surface area contributed by atoms with Crippen molar-refractivity contribution in [3.05, 3.63) is 66.7 Å². The Morgan fingerprint density at radius 1 is 0.619 bits per heavy atom. The highest BCUT2D eigenvalue weighted by atomic mass is 16.3. The van der Waals surface area contributed by atoms with E-state index in [4.69, 9.17) is 0 Å². The number of fused-ring (bicyclic) bond motifs is 3. The molecule has 1 heterocycles. The number of benzene rings is 3. The second kappa shape index (κ2) is 4.28. The van der Waals surface area contributed by atoms with Crippen molar-refractivity contribution in [3.8, 4) is 17.2 Å². The van der Waals surface area contributed by atoms with Crippen LogP contribution in [-0.2, 0) is 0 Å². The van der Waals surface area contributed by atoms with Crippen molar-refractivity contribution in [1.29, 1.82) is 0 Å². The normalized spacial score (nSPS) is 11.2. The second-order valence-corrected chi connectivity index (χ2v) is 5.07. The van der Waals surface area contributed by atoms with Crippen LogP contribution in [0.2, 0.25) is 0 Å². The Morgan fingerprint density at radius 3 is 1.67 bits per heavy atom. The summed E-state index contributed by atoms with van der Waals surface area (Å²) in [6.45, 7) is 0. The van der Waals surface area contributed by atoms with Gasteiger partial charge in [0.25, 0.3) is 0 Å². The van der Waals surface area contributed by atoms with Gasteiger partial charge in [-0.25, -0.2) is 0 Å². The summed E-state index contributed by atoms with van der Waals surface area (Å²) in [5.41, 5.74) is 3.05. The van der Waals surface area contributed by atoms with E-state index in [1.54, 1.807) is 24.3 Å². The van der Waals surface area contributed by atoms with Gasteiger partial charge in [0.2, 0.25) is 0 Å². The average molecular weight is 275 g/mol. The Balaban J connectivity index is 2.22. The van der Waals surface area contributed by atoms with Crippen LogP contribution in [0.4, 0.5) is 0 Å². The molecule has 21 heavy (non-hydrogen) atoms. The fraction of sp³-hybridized carbons (Fsp3) is 0. The van der Waals surface area contributed by atoms with Gasteiger partial charge in [0.15, 0.2) is 0 Å². The zero-order chi connectivity index (χ0) is 14.4. The lowest BCUT2D eigenvalue weighted by atomic mass is 10.1. The predicted molar refractivity (Wildman–Crippen MR) is 84.1 cm³/mol. The van der Waals surface area contributed by atoms with E-state index in [1.165, 1.54) is 0 Å². The summed E-state index contributed by atoms with van der Waals surface area (Å²) in [6.07, 6.45) is 0. The average Bonchev–Trinajstić information content (AvgIpc) is 2.81. The van der Waals surface area contributed by atoms with E-state index < -0.39 is 0 Å². The minimum absolute atomic E-state index is 0.220. The Bertz CT molecular complexity index is 896. The van der Waals surface area contributed by atoms with Gasteiger partial charge >= 0.3 is 0 Å². The van der Waals surface area contributed by atoms with E-state index in [0.29, 0.717) is 0 Å². The summed E-state index contributed by atoms with van der Waals surface area (Å²) in [6, 6.07) is 20.7. The number of hydrogen-bond donors (Lipinski definition) is 2. The third-order valence-corrected chi connectivity index (χ3v) is 3.75. The van der Waals surface area contributed by atoms with Crippen LogP contribution in [0.3, 0.4) is 0 Å². The van der Waals surface area contributed by atoms with Crippen molar-refractivity contribution in [1.82, 2.24) is 4.57 Å². The third kappa shape index (κ3) is 1.75. The monoisotopic (exact) mass is 275 g/mol. The number of rotatable bonds is 1. The minimum Gasteiger partial charge on any atom is -0.508 e. The van der Waals surface area contributed by atoms with E-state index in [9.17, 15) is 10.2 Å². The molecule has 3 nitrogen and oxygen atoms in total. The first kappa shape index (κ1) is 11.9. The maximum absolute atomic E-state index is 9.77. The van der Waals surface area contributed by atoms with Crippen molar-refractivity contribution < 1.29 is 10.2 Å². The van der Waals surface area contributed by atoms with E-state index in [2.05, 4.69) is 4.57 Å². The molecule has 0 bridgehead atoms. The van der Waals surface area contributed by atoms with Gasteiger partial charge in [-0.15, -0.1) is 0 Å². The molecule has 1 aromatic heterocycles. The molecule has 0 atom stereocenters. The molecule has 0 radical (unpaired) electrons. The second-order valence-electron chi connectivity index (χ2n) is 5.07. The van der Waals surface area contributed by atoms with Crippen LogP contribution in [0.5, 0.6) is 11.5 Å². The molecule has 0 spiro atoms. The van der Waals surface area contributed by atoms with Gasteiger partial charge in [-0.05, 0) is 48.5 Å². The van der Waals surface area contributed by atoms with Crippen LogP contribution < -0.4 is 0 Å². The van der Waals surface area contributed by atoms with Crippen LogP contribution in [0.1, 0.15) is 0 Å². The van der Waals surface area contributed by atoms with E-state index in [1.807, 2.05) is 42.5 Å². The van der Waals surface area contributed by atoms with Gasteiger partial charge in [0, 0.05) is 16.5 Å². The summed E-state index contributed by atoms with van der Waals surface area (Å²) in [4.78, 5) is 0. The van der Waals surface area contributed by atoms with Crippen molar-refractivity contribution >= 4 is 21.8 Å². The van der Waals surface area contributed by atoms with Crippen LogP contribution >= 0.6 is 0 Å². The molecule has 102 valence electrons. The highest BCUT2D eigenvalue weighted by Gasteiger charge is 2.12. The largest absolute Gasteiger partial charge is 0.508 e. The Labute approximate surface area is 121 Å². The number of para-hydroxylation sites is 1. The minimum atomic E-state index is 0.220. The lowest BCUT2D eigenvalue weighted by molar-refractivity contribution is 0.475. The fourth-order valence-electron chi connectivity index (χ4n) is 2.85. The Morgan fingerprint density at radius 2 is 1.14 bits per heavy atom. The number of aromatic hydroxyl groups is 2. The van der Waals surface area contributed by atoms with Crippen molar-refractivity contribution in [2.75, 3.05) is 0 Å². The van der Waals surface area contributed by atoms with E-state index in [0.717, 1.165) is 27.5 Å². The molecule has 4 aromatic rings. The third-order valence-electron chi connectivity index (χ3n) is 3.75. The highest BCUT2D eigenvalue weighted by Crippen LogP contribution is 2.35. The summed E-state index contributed by atoms with van der Waals surface area (Å²) in [5, 5.41) is 21.4. The molecule has 0 aliphatic heterocycles. The molecule has 4 rings (SSSR count). The first-order valence-electron chi connectivity index (χ1n) is 6.75. The molecule has 0 amide bonds. The van der Waals surface area contributed by atoms with Gasteiger partial charge in [-0.3, -0.25) is 0 Å². The zero-order valence-corrected chi connectivity index (χ0v) is 11.2. The summed E-state index contributed by atoms with van der Waals surface area (Å²) >= 11 is 0. The standard InChI is InChI=1S/C18H13NO2/c20-13-6-8-17-15(10-13)16-11-14(21)7-9-18(16)19(17)12-4-2-1-3-5-12/h1-11,20-21H. The Kier molecular flexibility index (Phi) is 2.42. The van der Waals surface area contributed by atoms with E-state index in [-0.39, 0.29) is 11.5 Å². The molecular weight excluding hydrogens is 262 g/mol. The van der Waals surface area contributed by atoms with Crippen molar-refractivity contribution in [2.45, 2.75) is 0 Å². The van der Waals surface area contributed by atoms with Gasteiger partial charge in [-0.1, -0.05) is 18.2 Å². The highest BCUT2D eigenvalue weighted by molar-refractivity contribution is 6.10. The number of phenols is 2. The maximum atomic E-state index is 9.77. The lowest BCUT2D eigenvalue weighted by Gasteiger charge is -2.07. The van der Waals surface area contributed by atoms with Crippen molar-refractivity contribution in [3.63, 3.8) is 0 Å². The zero-order valence-electron chi connectivity index (χ0n) is 11.2. The van der Waals surface area contributed by atoms with Crippen LogP contribution in [0.15, 0.2) is 66.7 Å². The van der Waals surface area contributed by atoms with Crippen LogP contribution in [0, 0.1) is 0 Å². The summed E-state index contributed by atoms with van der Waals surface area (Å²) < 4.78 is 2.13. The number of hydrogen-bond acceptors (Lipinski definition) is 2. The van der Waals surface area contributed by atoms with Gasteiger partial charge in [0.05, 0.1) is 11.0 Å². The maximum Gasteiger partial charge on any atom is 0.116 e. The van der Waals surface area contributed by atoms with Crippen molar-refractivity contribution in [2.24, 2.45) is 0 Å². The molecule has 0 aliphatic rings. The first-order valence-corrected chi connectivity index (χ1v) is 6.75. The van der Waals surface area contributed by atoms with Crippen LogP contribution in [-0.4, -0.2) is 14.8 Å². The molecule has 3 heteroatoms. The molecule has 0 fully saturated rings. The predicted octanol–water partition coefficient (Wildman–Crippen LogP) is 4.19.